The van der Waals surface area contributed by atoms with Gasteiger partial charge in [-0.3, -0.25) is 0 Å². The normalized spacial score (nSPS) is 10.1. The summed E-state index contributed by atoms with van der Waals surface area (Å²) in [4.78, 5) is 0. The maximum atomic E-state index is 8.76. The maximum absolute atomic E-state index is 8.76. The van der Waals surface area contributed by atoms with Crippen LogP contribution in [0.1, 0.15) is 31.2 Å². The number of methoxy groups -OCH3 is 1. The van der Waals surface area contributed by atoms with Crippen LogP contribution in [0.5, 0.6) is 0 Å². The topological polar surface area (TPSA) is 63.7 Å². The number of nitriles is 1. The van der Waals surface area contributed by atoms with Gasteiger partial charge < -0.3 is 4.74 Å². The Bertz CT molecular complexity index is 326. The van der Waals surface area contributed by atoms with Crippen molar-refractivity contribution in [2.45, 2.75) is 32.9 Å². The molecular formula is C9H14N4O. The quantitative estimate of drug-likeness (QED) is 0.704. The summed E-state index contributed by atoms with van der Waals surface area (Å²) >= 11 is 0. The summed E-state index contributed by atoms with van der Waals surface area (Å²) in [6.07, 6.45) is 2.12. The highest BCUT2D eigenvalue weighted by Crippen LogP contribution is 2.06. The molecule has 0 aromatic carbocycles. The van der Waals surface area contributed by atoms with Crippen LogP contribution < -0.4 is 0 Å². The average Bonchev–Trinajstić information content (AvgIpc) is 2.58. The molecule has 0 spiro atoms. The first kappa shape index (κ1) is 10.7. The fourth-order valence-corrected chi connectivity index (χ4v) is 1.19. The number of rotatable bonds is 5. The standard InChI is InChI=1S/C9H14N4O/c1-3-4-5-13-9(7-14-2)8(6-10)11-12-13/h3-5,7H2,1-2H3. The van der Waals surface area contributed by atoms with E-state index in [2.05, 4.69) is 17.2 Å². The van der Waals surface area contributed by atoms with Gasteiger partial charge in [0.2, 0.25) is 0 Å². The Balaban J connectivity index is 2.82. The highest BCUT2D eigenvalue weighted by Gasteiger charge is 2.11. The van der Waals surface area contributed by atoms with Crippen LogP contribution in [0, 0.1) is 11.3 Å². The zero-order valence-electron chi connectivity index (χ0n) is 8.53. The van der Waals surface area contributed by atoms with Gasteiger partial charge in [0, 0.05) is 13.7 Å². The van der Waals surface area contributed by atoms with Gasteiger partial charge in [0.1, 0.15) is 11.8 Å². The van der Waals surface area contributed by atoms with Crippen molar-refractivity contribution in [2.24, 2.45) is 0 Å². The molecule has 5 heteroatoms. The molecule has 0 aliphatic rings. The highest BCUT2D eigenvalue weighted by molar-refractivity contribution is 5.23. The molecule has 76 valence electrons. The second kappa shape index (κ2) is 5.35. The fourth-order valence-electron chi connectivity index (χ4n) is 1.19. The summed E-state index contributed by atoms with van der Waals surface area (Å²) in [5.74, 6) is 0. The summed E-state index contributed by atoms with van der Waals surface area (Å²) in [5, 5.41) is 16.4. The molecule has 0 bridgehead atoms. The molecule has 1 aromatic rings. The predicted octanol–water partition coefficient (Wildman–Crippen LogP) is 1.10. The van der Waals surface area contributed by atoms with Crippen LogP contribution in [0.25, 0.3) is 0 Å². The molecule has 0 unspecified atom stereocenters. The van der Waals surface area contributed by atoms with E-state index in [1.54, 1.807) is 11.8 Å². The Morgan fingerprint density at radius 3 is 2.93 bits per heavy atom. The minimum atomic E-state index is 0.364. The van der Waals surface area contributed by atoms with Crippen molar-refractivity contribution in [1.82, 2.24) is 15.0 Å². The van der Waals surface area contributed by atoms with E-state index < -0.39 is 0 Å². The second-order valence-electron chi connectivity index (χ2n) is 3.01. The summed E-state index contributed by atoms with van der Waals surface area (Å²) in [7, 11) is 1.60. The Morgan fingerprint density at radius 2 is 2.36 bits per heavy atom. The largest absolute Gasteiger partial charge is 0.378 e. The van der Waals surface area contributed by atoms with Crippen molar-refractivity contribution in [2.75, 3.05) is 7.11 Å². The van der Waals surface area contributed by atoms with Crippen LogP contribution in [0.15, 0.2) is 0 Å². The summed E-state index contributed by atoms with van der Waals surface area (Å²) in [6, 6.07) is 2.00. The van der Waals surface area contributed by atoms with Gasteiger partial charge >= 0.3 is 0 Å². The van der Waals surface area contributed by atoms with Crippen molar-refractivity contribution in [1.29, 1.82) is 5.26 Å². The Morgan fingerprint density at radius 1 is 1.57 bits per heavy atom. The first-order valence-electron chi connectivity index (χ1n) is 4.64. The SMILES string of the molecule is CCCCn1nnc(C#N)c1COC. The van der Waals surface area contributed by atoms with Crippen molar-refractivity contribution >= 4 is 0 Å². The summed E-state index contributed by atoms with van der Waals surface area (Å²) in [5.41, 5.74) is 1.13. The first-order valence-corrected chi connectivity index (χ1v) is 4.64. The summed E-state index contributed by atoms with van der Waals surface area (Å²) < 4.78 is 6.74. The van der Waals surface area contributed by atoms with E-state index in [4.69, 9.17) is 10.00 Å². The van der Waals surface area contributed by atoms with Gasteiger partial charge in [-0.2, -0.15) is 5.26 Å². The van der Waals surface area contributed by atoms with Crippen LogP contribution in [0.2, 0.25) is 0 Å². The molecule has 0 aliphatic carbocycles. The molecule has 0 atom stereocenters. The minimum absolute atomic E-state index is 0.364. The Hall–Kier alpha value is -1.41. The van der Waals surface area contributed by atoms with Gasteiger partial charge in [-0.1, -0.05) is 18.6 Å². The van der Waals surface area contributed by atoms with E-state index in [1.165, 1.54) is 0 Å². The van der Waals surface area contributed by atoms with Crippen molar-refractivity contribution in [3.05, 3.63) is 11.4 Å². The molecule has 1 aromatic heterocycles. The van der Waals surface area contributed by atoms with E-state index in [1.807, 2.05) is 6.07 Å². The number of aromatic nitrogens is 3. The van der Waals surface area contributed by atoms with E-state index in [0.29, 0.717) is 12.3 Å². The zero-order valence-corrected chi connectivity index (χ0v) is 8.53. The molecular weight excluding hydrogens is 180 g/mol. The third-order valence-electron chi connectivity index (χ3n) is 1.95. The number of unbranched alkanes of at least 4 members (excludes halogenated alkanes) is 1. The van der Waals surface area contributed by atoms with Gasteiger partial charge in [0.05, 0.1) is 6.61 Å². The average molecular weight is 194 g/mol. The molecule has 0 N–H and O–H groups in total. The molecule has 5 nitrogen and oxygen atoms in total. The van der Waals surface area contributed by atoms with Gasteiger partial charge in [-0.25, -0.2) is 4.68 Å². The Kier molecular flexibility index (Phi) is 4.08. The van der Waals surface area contributed by atoms with E-state index in [9.17, 15) is 0 Å². The van der Waals surface area contributed by atoms with Gasteiger partial charge in [-0.05, 0) is 6.42 Å². The number of nitrogens with zero attached hydrogens (tertiary/aromatic N) is 4. The van der Waals surface area contributed by atoms with E-state index in [0.717, 1.165) is 25.1 Å². The molecule has 1 heterocycles. The van der Waals surface area contributed by atoms with E-state index >= 15 is 0 Å². The van der Waals surface area contributed by atoms with Gasteiger partial charge in [-0.15, -0.1) is 5.10 Å². The first-order chi connectivity index (χ1) is 6.83. The smallest absolute Gasteiger partial charge is 0.188 e. The van der Waals surface area contributed by atoms with Crippen molar-refractivity contribution in [3.8, 4) is 6.07 Å². The lowest BCUT2D eigenvalue weighted by Gasteiger charge is -2.03. The predicted molar refractivity (Wildman–Crippen MR) is 50.4 cm³/mol. The zero-order chi connectivity index (χ0) is 10.4. The lowest BCUT2D eigenvalue weighted by atomic mass is 10.3. The highest BCUT2D eigenvalue weighted by atomic mass is 16.5. The van der Waals surface area contributed by atoms with Crippen LogP contribution in [-0.4, -0.2) is 22.1 Å². The van der Waals surface area contributed by atoms with Crippen molar-refractivity contribution in [3.63, 3.8) is 0 Å². The van der Waals surface area contributed by atoms with Crippen molar-refractivity contribution < 1.29 is 4.74 Å². The number of hydrogen-bond acceptors (Lipinski definition) is 4. The minimum Gasteiger partial charge on any atom is -0.378 e. The maximum Gasteiger partial charge on any atom is 0.188 e. The second-order valence-corrected chi connectivity index (χ2v) is 3.01. The van der Waals surface area contributed by atoms with Crippen LogP contribution in [-0.2, 0) is 17.9 Å². The van der Waals surface area contributed by atoms with Crippen LogP contribution in [0.4, 0.5) is 0 Å². The fraction of sp³-hybridized carbons (Fsp3) is 0.667. The molecule has 0 saturated carbocycles. The molecule has 1 rings (SSSR count). The number of aryl methyl sites for hydroxylation is 1. The van der Waals surface area contributed by atoms with Crippen LogP contribution in [0.3, 0.4) is 0 Å². The van der Waals surface area contributed by atoms with E-state index in [-0.39, 0.29) is 0 Å². The number of ether oxygens (including phenoxy) is 1. The molecule has 0 saturated heterocycles. The molecule has 0 fully saturated rings. The molecule has 0 aliphatic heterocycles. The lowest BCUT2D eigenvalue weighted by molar-refractivity contribution is 0.176. The number of hydrogen-bond donors (Lipinski definition) is 0. The third kappa shape index (κ3) is 2.30. The Labute approximate surface area is 83.3 Å². The molecule has 14 heavy (non-hydrogen) atoms. The molecule has 0 radical (unpaired) electrons. The third-order valence-corrected chi connectivity index (χ3v) is 1.95. The van der Waals surface area contributed by atoms with Gasteiger partial charge in [0.15, 0.2) is 5.69 Å². The monoisotopic (exact) mass is 194 g/mol. The lowest BCUT2D eigenvalue weighted by Crippen LogP contribution is -2.06. The summed E-state index contributed by atoms with van der Waals surface area (Å²) in [6.45, 7) is 3.29. The van der Waals surface area contributed by atoms with Gasteiger partial charge in [0.25, 0.3) is 0 Å². The molecule has 0 amide bonds. The van der Waals surface area contributed by atoms with Crippen LogP contribution >= 0.6 is 0 Å².